The zero-order chi connectivity index (χ0) is 14.3. The van der Waals surface area contributed by atoms with Gasteiger partial charge in [-0.2, -0.15) is 4.98 Å². The van der Waals surface area contributed by atoms with Crippen LogP contribution in [0, 0.1) is 11.6 Å². The van der Waals surface area contributed by atoms with Crippen molar-refractivity contribution in [2.24, 2.45) is 0 Å². The molecular formula is C13H10F2N4O. The summed E-state index contributed by atoms with van der Waals surface area (Å²) in [5.74, 6) is -0.823. The van der Waals surface area contributed by atoms with Crippen molar-refractivity contribution < 1.29 is 13.5 Å². The molecule has 7 heteroatoms. The number of nitrogen functional groups attached to an aromatic ring is 1. The number of hydrogen-bond acceptors (Lipinski definition) is 4. The van der Waals surface area contributed by atoms with Gasteiger partial charge in [0.2, 0.25) is 5.95 Å². The molecule has 20 heavy (non-hydrogen) atoms. The second kappa shape index (κ2) is 4.44. The molecule has 0 spiro atoms. The summed E-state index contributed by atoms with van der Waals surface area (Å²) < 4.78 is 33.2. The molecule has 0 saturated heterocycles. The lowest BCUT2D eigenvalue weighted by atomic mass is 10.1. The van der Waals surface area contributed by atoms with Gasteiger partial charge in [0.05, 0.1) is 12.8 Å². The largest absolute Gasteiger partial charge is 0.493 e. The average Bonchev–Trinajstić information content (AvgIpc) is 2.77. The fraction of sp³-hybridized carbons (Fsp3) is 0.0769. The first kappa shape index (κ1) is 12.3. The van der Waals surface area contributed by atoms with E-state index < -0.39 is 11.6 Å². The number of ether oxygens (including phenoxy) is 1. The number of benzene rings is 1. The van der Waals surface area contributed by atoms with Gasteiger partial charge < -0.3 is 10.5 Å². The number of pyridine rings is 1. The van der Waals surface area contributed by atoms with E-state index in [-0.39, 0.29) is 5.95 Å². The number of halogens is 2. The number of rotatable bonds is 2. The molecule has 0 fully saturated rings. The van der Waals surface area contributed by atoms with Crippen LogP contribution in [0.25, 0.3) is 16.9 Å². The molecule has 0 radical (unpaired) electrons. The maximum Gasteiger partial charge on any atom is 0.240 e. The molecule has 1 aromatic carbocycles. The monoisotopic (exact) mass is 276 g/mol. The summed E-state index contributed by atoms with van der Waals surface area (Å²) in [6, 6.07) is 6.50. The van der Waals surface area contributed by atoms with Crippen LogP contribution in [-0.2, 0) is 0 Å². The lowest BCUT2D eigenvalue weighted by molar-refractivity contribution is 0.416. The van der Waals surface area contributed by atoms with Crippen LogP contribution in [0.3, 0.4) is 0 Å². The number of nitrogens with two attached hydrogens (primary N) is 1. The van der Waals surface area contributed by atoms with Crippen LogP contribution < -0.4 is 10.5 Å². The Labute approximate surface area is 112 Å². The van der Waals surface area contributed by atoms with Crippen molar-refractivity contribution in [2.45, 2.75) is 0 Å². The Morgan fingerprint density at radius 3 is 2.50 bits per heavy atom. The number of anilines is 1. The van der Waals surface area contributed by atoms with Gasteiger partial charge >= 0.3 is 0 Å². The molecule has 102 valence electrons. The standard InChI is InChI=1S/C13H10F2N4O/c1-20-11-3-2-10(19-12(11)17-13(16)18-19)7-4-8(14)6-9(15)5-7/h2-6H,1H3,(H2,16,18). The molecule has 0 amide bonds. The molecular weight excluding hydrogens is 266 g/mol. The molecule has 0 atom stereocenters. The third-order valence-electron chi connectivity index (χ3n) is 2.84. The maximum absolute atomic E-state index is 13.3. The van der Waals surface area contributed by atoms with Gasteiger partial charge in [-0.1, -0.05) is 0 Å². The summed E-state index contributed by atoms with van der Waals surface area (Å²) in [7, 11) is 1.49. The molecule has 0 bridgehead atoms. The van der Waals surface area contributed by atoms with Gasteiger partial charge in [-0.3, -0.25) is 0 Å². The van der Waals surface area contributed by atoms with Gasteiger partial charge in [-0.25, -0.2) is 13.3 Å². The molecule has 3 aromatic rings. The number of hydrogen-bond donors (Lipinski definition) is 1. The first-order chi connectivity index (χ1) is 9.58. The Kier molecular flexibility index (Phi) is 2.74. The predicted octanol–water partition coefficient (Wildman–Crippen LogP) is 2.27. The fourth-order valence-electron chi connectivity index (χ4n) is 2.03. The number of methoxy groups -OCH3 is 1. The third-order valence-corrected chi connectivity index (χ3v) is 2.84. The van der Waals surface area contributed by atoms with Crippen molar-refractivity contribution in [1.29, 1.82) is 0 Å². The lowest BCUT2D eigenvalue weighted by Gasteiger charge is -2.07. The molecule has 0 saturated carbocycles. The second-order valence-electron chi connectivity index (χ2n) is 4.15. The minimum Gasteiger partial charge on any atom is -0.493 e. The van der Waals surface area contributed by atoms with Gasteiger partial charge in [0.15, 0.2) is 11.4 Å². The van der Waals surface area contributed by atoms with Gasteiger partial charge in [-0.05, 0) is 24.3 Å². The van der Waals surface area contributed by atoms with E-state index in [9.17, 15) is 8.78 Å². The minimum atomic E-state index is -0.669. The molecule has 2 heterocycles. The first-order valence-corrected chi connectivity index (χ1v) is 5.74. The smallest absolute Gasteiger partial charge is 0.240 e. The molecule has 2 N–H and O–H groups in total. The topological polar surface area (TPSA) is 65.4 Å². The predicted molar refractivity (Wildman–Crippen MR) is 69.3 cm³/mol. The van der Waals surface area contributed by atoms with E-state index in [1.807, 2.05) is 0 Å². The highest BCUT2D eigenvalue weighted by Gasteiger charge is 2.13. The summed E-state index contributed by atoms with van der Waals surface area (Å²) in [5.41, 5.74) is 6.75. The zero-order valence-corrected chi connectivity index (χ0v) is 10.5. The Bertz CT molecular complexity index is 780. The molecule has 0 unspecified atom stereocenters. The van der Waals surface area contributed by atoms with Crippen molar-refractivity contribution in [3.05, 3.63) is 42.0 Å². The van der Waals surface area contributed by atoms with E-state index in [0.717, 1.165) is 6.07 Å². The Morgan fingerprint density at radius 1 is 1.15 bits per heavy atom. The normalized spacial score (nSPS) is 10.9. The molecule has 0 aliphatic heterocycles. The van der Waals surface area contributed by atoms with E-state index in [1.165, 1.54) is 23.8 Å². The highest BCUT2D eigenvalue weighted by molar-refractivity contribution is 5.67. The van der Waals surface area contributed by atoms with Crippen LogP contribution in [0.1, 0.15) is 0 Å². The number of fused-ring (bicyclic) bond motifs is 1. The van der Waals surface area contributed by atoms with Gasteiger partial charge in [0.1, 0.15) is 11.6 Å². The Morgan fingerprint density at radius 2 is 1.85 bits per heavy atom. The van der Waals surface area contributed by atoms with Crippen molar-refractivity contribution in [2.75, 3.05) is 12.8 Å². The number of aromatic nitrogens is 3. The van der Waals surface area contributed by atoms with Gasteiger partial charge in [-0.15, -0.1) is 5.10 Å². The molecule has 3 rings (SSSR count). The van der Waals surface area contributed by atoms with Crippen LogP contribution in [-0.4, -0.2) is 21.7 Å². The summed E-state index contributed by atoms with van der Waals surface area (Å²) in [6.45, 7) is 0. The van der Waals surface area contributed by atoms with Crippen LogP contribution >= 0.6 is 0 Å². The highest BCUT2D eigenvalue weighted by Crippen LogP contribution is 2.27. The zero-order valence-electron chi connectivity index (χ0n) is 10.5. The van der Waals surface area contributed by atoms with Crippen molar-refractivity contribution in [3.63, 3.8) is 0 Å². The third kappa shape index (κ3) is 1.93. The molecule has 2 aromatic heterocycles. The lowest BCUT2D eigenvalue weighted by Crippen LogP contribution is -1.98. The minimum absolute atomic E-state index is 0.0487. The SMILES string of the molecule is COc1ccc(-c2cc(F)cc(F)c2)n2nc(N)nc12. The fourth-order valence-corrected chi connectivity index (χ4v) is 2.03. The quantitative estimate of drug-likeness (QED) is 0.779. The summed E-state index contributed by atoms with van der Waals surface area (Å²) in [4.78, 5) is 4.03. The summed E-state index contributed by atoms with van der Waals surface area (Å²) >= 11 is 0. The second-order valence-corrected chi connectivity index (χ2v) is 4.15. The van der Waals surface area contributed by atoms with E-state index in [4.69, 9.17) is 10.5 Å². The van der Waals surface area contributed by atoms with Crippen molar-refractivity contribution in [3.8, 4) is 17.0 Å². The Hall–Kier alpha value is -2.70. The summed E-state index contributed by atoms with van der Waals surface area (Å²) in [5, 5.41) is 4.02. The molecule has 0 aliphatic carbocycles. The van der Waals surface area contributed by atoms with Gasteiger partial charge in [0, 0.05) is 11.6 Å². The van der Waals surface area contributed by atoms with Crippen molar-refractivity contribution >= 4 is 11.6 Å². The average molecular weight is 276 g/mol. The van der Waals surface area contributed by atoms with E-state index in [0.29, 0.717) is 22.7 Å². The van der Waals surface area contributed by atoms with E-state index >= 15 is 0 Å². The molecule has 5 nitrogen and oxygen atoms in total. The Balaban J connectivity index is 2.31. The molecule has 0 aliphatic rings. The first-order valence-electron chi connectivity index (χ1n) is 5.74. The summed E-state index contributed by atoms with van der Waals surface area (Å²) in [6.07, 6.45) is 0. The highest BCUT2D eigenvalue weighted by atomic mass is 19.1. The van der Waals surface area contributed by atoms with E-state index in [1.54, 1.807) is 12.1 Å². The van der Waals surface area contributed by atoms with Crippen molar-refractivity contribution in [1.82, 2.24) is 14.6 Å². The maximum atomic E-state index is 13.3. The van der Waals surface area contributed by atoms with Crippen LogP contribution in [0.2, 0.25) is 0 Å². The van der Waals surface area contributed by atoms with E-state index in [2.05, 4.69) is 10.1 Å². The van der Waals surface area contributed by atoms with Crippen LogP contribution in [0.15, 0.2) is 30.3 Å². The van der Waals surface area contributed by atoms with Crippen LogP contribution in [0.4, 0.5) is 14.7 Å². The van der Waals surface area contributed by atoms with Crippen LogP contribution in [0.5, 0.6) is 5.75 Å². The number of nitrogens with zero attached hydrogens (tertiary/aromatic N) is 3. The van der Waals surface area contributed by atoms with Gasteiger partial charge in [0.25, 0.3) is 0 Å².